The fourth-order valence-electron chi connectivity index (χ4n) is 2.70. The van der Waals surface area contributed by atoms with Crippen molar-refractivity contribution in [2.24, 2.45) is 0 Å². The summed E-state index contributed by atoms with van der Waals surface area (Å²) in [5.74, 6) is -0.192. The van der Waals surface area contributed by atoms with Gasteiger partial charge in [0.25, 0.3) is 0 Å². The van der Waals surface area contributed by atoms with Gasteiger partial charge in [-0.2, -0.15) is 0 Å². The second-order valence-corrected chi connectivity index (χ2v) is 9.01. The largest absolute Gasteiger partial charge is 0.378 e. The van der Waals surface area contributed by atoms with Crippen molar-refractivity contribution >= 4 is 21.4 Å². The molecule has 1 atom stereocenters. The molecule has 1 N–H and O–H groups in total. The number of amides is 1. The van der Waals surface area contributed by atoms with Crippen molar-refractivity contribution < 1.29 is 13.2 Å². The number of hydrogen-bond donors (Lipinski definition) is 1. The van der Waals surface area contributed by atoms with E-state index in [0.29, 0.717) is 0 Å². The quantitative estimate of drug-likeness (QED) is 0.774. The van der Waals surface area contributed by atoms with Gasteiger partial charge < -0.3 is 10.2 Å². The Bertz CT molecular complexity index is 942. The van der Waals surface area contributed by atoms with Crippen LogP contribution in [0.5, 0.6) is 0 Å². The van der Waals surface area contributed by atoms with Crippen LogP contribution < -0.4 is 10.2 Å². The average molecular weight is 387 g/mol. The first-order valence-electron chi connectivity index (χ1n) is 8.60. The van der Waals surface area contributed by atoms with Crippen LogP contribution in [0.2, 0.25) is 0 Å². The second-order valence-electron chi connectivity index (χ2n) is 6.99. The molecule has 0 heterocycles. The minimum Gasteiger partial charge on any atom is -0.378 e. The smallest absolute Gasteiger partial charge is 0.244 e. The lowest BCUT2D eigenvalue weighted by Crippen LogP contribution is -2.28. The van der Waals surface area contributed by atoms with Gasteiger partial charge in [0, 0.05) is 32.1 Å². The molecule has 0 spiro atoms. The fraction of sp³-hybridized carbons (Fsp3) is 0.286. The van der Waals surface area contributed by atoms with E-state index in [2.05, 4.69) is 5.32 Å². The van der Waals surface area contributed by atoms with Crippen LogP contribution >= 0.6 is 0 Å². The van der Waals surface area contributed by atoms with Crippen LogP contribution in [-0.4, -0.2) is 34.7 Å². The van der Waals surface area contributed by atoms with Crippen molar-refractivity contribution in [2.45, 2.75) is 24.8 Å². The topological polar surface area (TPSA) is 66.5 Å². The molecule has 0 aliphatic rings. The van der Waals surface area contributed by atoms with Crippen LogP contribution in [0.15, 0.2) is 65.1 Å². The van der Waals surface area contributed by atoms with Crippen LogP contribution in [-0.2, 0) is 14.6 Å². The van der Waals surface area contributed by atoms with E-state index in [1.807, 2.05) is 57.1 Å². The van der Waals surface area contributed by atoms with Crippen LogP contribution in [0, 0.1) is 0 Å². The van der Waals surface area contributed by atoms with Crippen molar-refractivity contribution in [1.82, 2.24) is 5.32 Å². The standard InChI is InChI=1S/C21H26N2O3S/c1-15(2)13-20(24)22-21(17-7-6-8-18(14-17)23(3)4)16-9-11-19(12-10-16)27(5,25)26/h6-14,21H,1-5H3,(H,22,24). The highest BCUT2D eigenvalue weighted by Crippen LogP contribution is 2.26. The lowest BCUT2D eigenvalue weighted by Gasteiger charge is -2.22. The summed E-state index contributed by atoms with van der Waals surface area (Å²) in [6.07, 6.45) is 2.73. The number of sulfone groups is 1. The fourth-order valence-corrected chi connectivity index (χ4v) is 3.33. The average Bonchev–Trinajstić information content (AvgIpc) is 2.58. The molecule has 6 heteroatoms. The Labute approximate surface area is 161 Å². The normalized spacial score (nSPS) is 12.2. The molecule has 0 saturated heterocycles. The first-order chi connectivity index (χ1) is 12.6. The maximum Gasteiger partial charge on any atom is 0.244 e. The Morgan fingerprint density at radius 1 is 1.04 bits per heavy atom. The highest BCUT2D eigenvalue weighted by atomic mass is 32.2. The molecule has 144 valence electrons. The highest BCUT2D eigenvalue weighted by Gasteiger charge is 2.18. The molecule has 0 aromatic heterocycles. The van der Waals surface area contributed by atoms with Gasteiger partial charge >= 0.3 is 0 Å². The maximum absolute atomic E-state index is 12.4. The molecule has 2 rings (SSSR count). The number of anilines is 1. The number of nitrogens with zero attached hydrogens (tertiary/aromatic N) is 1. The van der Waals surface area contributed by atoms with Gasteiger partial charge in [-0.15, -0.1) is 0 Å². The van der Waals surface area contributed by atoms with E-state index in [1.54, 1.807) is 30.3 Å². The third-order valence-corrected chi connectivity index (χ3v) is 5.20. The van der Waals surface area contributed by atoms with E-state index < -0.39 is 9.84 Å². The van der Waals surface area contributed by atoms with Crippen LogP contribution in [0.3, 0.4) is 0 Å². The van der Waals surface area contributed by atoms with Crippen molar-refractivity contribution in [3.8, 4) is 0 Å². The predicted octanol–water partition coefficient (Wildman–Crippen LogP) is 3.33. The van der Waals surface area contributed by atoms with Gasteiger partial charge in [-0.1, -0.05) is 29.8 Å². The van der Waals surface area contributed by atoms with Crippen LogP contribution in [0.1, 0.15) is 31.0 Å². The van der Waals surface area contributed by atoms with Gasteiger partial charge in [0.05, 0.1) is 10.9 Å². The van der Waals surface area contributed by atoms with E-state index in [0.717, 1.165) is 22.4 Å². The van der Waals surface area contributed by atoms with E-state index >= 15 is 0 Å². The van der Waals surface area contributed by atoms with E-state index in [-0.39, 0.29) is 16.8 Å². The molecule has 5 nitrogen and oxygen atoms in total. The molecule has 0 aliphatic heterocycles. The Kier molecular flexibility index (Phi) is 6.44. The number of carbonyl (C=O) groups excluding carboxylic acids is 1. The summed E-state index contributed by atoms with van der Waals surface area (Å²) < 4.78 is 23.4. The van der Waals surface area contributed by atoms with Crippen molar-refractivity contribution in [3.05, 3.63) is 71.3 Å². The Balaban J connectivity index is 2.48. The number of allylic oxidation sites excluding steroid dienone is 1. The molecular weight excluding hydrogens is 360 g/mol. The number of rotatable bonds is 6. The molecule has 0 bridgehead atoms. The lowest BCUT2D eigenvalue weighted by molar-refractivity contribution is -0.117. The second kappa shape index (κ2) is 8.39. The van der Waals surface area contributed by atoms with Gasteiger partial charge in [0.15, 0.2) is 9.84 Å². The van der Waals surface area contributed by atoms with Crippen molar-refractivity contribution in [2.75, 3.05) is 25.3 Å². The molecule has 1 unspecified atom stereocenters. The zero-order chi connectivity index (χ0) is 20.2. The van der Waals surface area contributed by atoms with Gasteiger partial charge in [-0.05, 0) is 49.2 Å². The summed E-state index contributed by atoms with van der Waals surface area (Å²) in [6.45, 7) is 3.73. The van der Waals surface area contributed by atoms with E-state index in [4.69, 9.17) is 0 Å². The Morgan fingerprint density at radius 3 is 2.19 bits per heavy atom. The van der Waals surface area contributed by atoms with Crippen molar-refractivity contribution in [3.63, 3.8) is 0 Å². The zero-order valence-corrected chi connectivity index (χ0v) is 17.2. The molecule has 0 fully saturated rings. The maximum atomic E-state index is 12.4. The summed E-state index contributed by atoms with van der Waals surface area (Å²) >= 11 is 0. The Hall–Kier alpha value is -2.60. The third-order valence-electron chi connectivity index (χ3n) is 4.07. The predicted molar refractivity (Wildman–Crippen MR) is 110 cm³/mol. The van der Waals surface area contributed by atoms with Crippen molar-refractivity contribution in [1.29, 1.82) is 0 Å². The summed E-state index contributed by atoms with van der Waals surface area (Å²) in [6, 6.07) is 14.1. The third kappa shape index (κ3) is 5.69. The molecule has 27 heavy (non-hydrogen) atoms. The Morgan fingerprint density at radius 2 is 1.67 bits per heavy atom. The highest BCUT2D eigenvalue weighted by molar-refractivity contribution is 7.90. The van der Waals surface area contributed by atoms with Gasteiger partial charge in [0.2, 0.25) is 5.91 Å². The molecule has 1 amide bonds. The van der Waals surface area contributed by atoms with E-state index in [9.17, 15) is 13.2 Å². The minimum absolute atomic E-state index is 0.192. The summed E-state index contributed by atoms with van der Waals surface area (Å²) in [5.41, 5.74) is 3.65. The molecular formula is C21H26N2O3S. The monoisotopic (exact) mass is 386 g/mol. The number of benzene rings is 2. The van der Waals surface area contributed by atoms with Gasteiger partial charge in [0.1, 0.15) is 0 Å². The summed E-state index contributed by atoms with van der Waals surface area (Å²) in [4.78, 5) is 14.6. The molecule has 0 aliphatic carbocycles. The zero-order valence-electron chi connectivity index (χ0n) is 16.4. The molecule has 2 aromatic carbocycles. The first kappa shape index (κ1) is 20.7. The van der Waals surface area contributed by atoms with Gasteiger partial charge in [-0.25, -0.2) is 8.42 Å². The number of carbonyl (C=O) groups is 1. The summed E-state index contributed by atoms with van der Waals surface area (Å²) in [7, 11) is 0.640. The van der Waals surface area contributed by atoms with Crippen LogP contribution in [0.4, 0.5) is 5.69 Å². The summed E-state index contributed by atoms with van der Waals surface area (Å²) in [5, 5.41) is 3.02. The SMILES string of the molecule is CC(C)=CC(=O)NC(c1ccc(S(C)(=O)=O)cc1)c1cccc(N(C)C)c1. The van der Waals surface area contributed by atoms with Gasteiger partial charge in [-0.3, -0.25) is 4.79 Å². The lowest BCUT2D eigenvalue weighted by atomic mass is 9.98. The molecule has 0 radical (unpaired) electrons. The van der Waals surface area contributed by atoms with E-state index in [1.165, 1.54) is 6.26 Å². The minimum atomic E-state index is -3.27. The first-order valence-corrected chi connectivity index (χ1v) is 10.5. The number of hydrogen-bond acceptors (Lipinski definition) is 4. The van der Waals surface area contributed by atoms with Crippen LogP contribution in [0.25, 0.3) is 0 Å². The molecule has 0 saturated carbocycles. The number of nitrogens with one attached hydrogen (secondary N) is 1. The molecule has 2 aromatic rings.